The monoisotopic (exact) mass is 514 g/mol. The first-order chi connectivity index (χ1) is 17.3. The number of benzene rings is 3. The van der Waals surface area contributed by atoms with E-state index in [2.05, 4.69) is 0 Å². The highest BCUT2D eigenvalue weighted by Crippen LogP contribution is 2.37. The van der Waals surface area contributed by atoms with Crippen LogP contribution in [0.5, 0.6) is 5.75 Å². The molecule has 0 aromatic heterocycles. The highest BCUT2D eigenvalue weighted by Gasteiger charge is 2.33. The molecule has 8 heteroatoms. The minimum atomic E-state index is -1.56. The number of rotatable bonds is 9. The Morgan fingerprint density at radius 2 is 1.86 bits per heavy atom. The van der Waals surface area contributed by atoms with E-state index in [4.69, 9.17) is 37.3 Å². The number of aliphatic hydroxyl groups is 1. The van der Waals surface area contributed by atoms with E-state index in [1.165, 1.54) is 12.1 Å². The summed E-state index contributed by atoms with van der Waals surface area (Å²) in [6.45, 7) is 2.47. The third kappa shape index (κ3) is 6.06. The minimum absolute atomic E-state index is 0.110. The molecular weight excluding hydrogens is 483 g/mol. The molecule has 6 nitrogen and oxygen atoms in total. The van der Waals surface area contributed by atoms with Gasteiger partial charge in [0.05, 0.1) is 38.1 Å². The number of aliphatic hydroxyl groups excluding tert-OH is 1. The lowest BCUT2D eigenvalue weighted by molar-refractivity contribution is -0.133. The van der Waals surface area contributed by atoms with Crippen molar-refractivity contribution in [1.29, 1.82) is 0 Å². The summed E-state index contributed by atoms with van der Waals surface area (Å²) in [5, 5.41) is 10.2. The maximum Gasteiger partial charge on any atom is 0.165 e. The van der Waals surface area contributed by atoms with Crippen LogP contribution in [0.3, 0.4) is 0 Å². The van der Waals surface area contributed by atoms with E-state index >= 15 is 0 Å². The standard InChI is InChI=1S/C28H32ClFN2O4/c1-2-34-26-11-9-20(13-25(26)30)28(31,32)23-12-19(8-10-24(23)29)27-15-21(14-22(16-33)36-27)35-17-18-6-4-3-5-7-18/h3-13,21-22,27,33H,2,14-17,31-32H2,1H3. The largest absolute Gasteiger partial charge is 0.491 e. The second-order valence-electron chi connectivity index (χ2n) is 9.01. The molecule has 36 heavy (non-hydrogen) atoms. The van der Waals surface area contributed by atoms with E-state index in [0.717, 1.165) is 11.1 Å². The maximum absolute atomic E-state index is 14.5. The van der Waals surface area contributed by atoms with Crippen molar-refractivity contribution >= 4 is 11.6 Å². The van der Waals surface area contributed by atoms with Gasteiger partial charge < -0.3 is 30.8 Å². The Bertz CT molecular complexity index is 1160. The van der Waals surface area contributed by atoms with Crippen LogP contribution in [0.15, 0.2) is 66.7 Å². The predicted molar refractivity (Wildman–Crippen MR) is 137 cm³/mol. The van der Waals surface area contributed by atoms with Gasteiger partial charge in [0.25, 0.3) is 0 Å². The van der Waals surface area contributed by atoms with Crippen LogP contribution in [0.4, 0.5) is 4.39 Å². The van der Waals surface area contributed by atoms with Gasteiger partial charge in [-0.2, -0.15) is 0 Å². The van der Waals surface area contributed by atoms with Crippen molar-refractivity contribution in [3.05, 3.63) is 99.8 Å². The Balaban J connectivity index is 1.57. The summed E-state index contributed by atoms with van der Waals surface area (Å²) in [4.78, 5) is 0. The van der Waals surface area contributed by atoms with Gasteiger partial charge >= 0.3 is 0 Å². The fraction of sp³-hybridized carbons (Fsp3) is 0.357. The minimum Gasteiger partial charge on any atom is -0.491 e. The van der Waals surface area contributed by atoms with E-state index < -0.39 is 11.5 Å². The lowest BCUT2D eigenvalue weighted by Crippen LogP contribution is -2.47. The number of ether oxygens (including phenoxy) is 3. The molecule has 3 unspecified atom stereocenters. The zero-order valence-corrected chi connectivity index (χ0v) is 21.0. The normalized spacial score (nSPS) is 20.3. The Hall–Kier alpha value is -2.52. The highest BCUT2D eigenvalue weighted by molar-refractivity contribution is 6.31. The van der Waals surface area contributed by atoms with Crippen molar-refractivity contribution in [2.45, 2.75) is 50.3 Å². The van der Waals surface area contributed by atoms with E-state index in [1.54, 1.807) is 25.1 Å². The zero-order valence-electron chi connectivity index (χ0n) is 20.2. The van der Waals surface area contributed by atoms with Crippen LogP contribution in [0.25, 0.3) is 0 Å². The topological polar surface area (TPSA) is 100.0 Å². The molecule has 1 heterocycles. The van der Waals surface area contributed by atoms with Crippen LogP contribution < -0.4 is 16.2 Å². The Labute approximate surface area is 215 Å². The molecule has 0 bridgehead atoms. The summed E-state index contributed by atoms with van der Waals surface area (Å²) < 4.78 is 32.1. The Kier molecular flexibility index (Phi) is 8.62. The van der Waals surface area contributed by atoms with E-state index in [0.29, 0.717) is 42.2 Å². The molecule has 0 saturated carbocycles. The molecule has 0 radical (unpaired) electrons. The molecule has 0 aliphatic carbocycles. The highest BCUT2D eigenvalue weighted by atomic mass is 35.5. The molecule has 5 N–H and O–H groups in total. The first-order valence-corrected chi connectivity index (χ1v) is 12.4. The van der Waals surface area contributed by atoms with Gasteiger partial charge in [-0.1, -0.05) is 54.1 Å². The lowest BCUT2D eigenvalue weighted by Gasteiger charge is -2.36. The summed E-state index contributed by atoms with van der Waals surface area (Å²) in [5.41, 5.74) is 14.1. The van der Waals surface area contributed by atoms with Crippen LogP contribution in [-0.4, -0.2) is 30.5 Å². The first kappa shape index (κ1) is 26.5. The molecule has 4 rings (SSSR count). The summed E-state index contributed by atoms with van der Waals surface area (Å²) in [6.07, 6.45) is 0.333. The van der Waals surface area contributed by atoms with E-state index in [9.17, 15) is 9.50 Å². The molecule has 0 amide bonds. The third-order valence-electron chi connectivity index (χ3n) is 6.41. The molecule has 1 aliphatic rings. The van der Waals surface area contributed by atoms with Crippen molar-refractivity contribution in [3.63, 3.8) is 0 Å². The SMILES string of the molecule is CCOc1ccc(C(N)(N)c2cc(C3CC(OCc4ccccc4)CC(CO)O3)ccc2Cl)cc1F. The average molecular weight is 515 g/mol. The van der Waals surface area contributed by atoms with E-state index in [-0.39, 0.29) is 30.7 Å². The second kappa shape index (κ2) is 11.7. The zero-order chi connectivity index (χ0) is 25.7. The van der Waals surface area contributed by atoms with Gasteiger partial charge in [0.15, 0.2) is 11.6 Å². The fourth-order valence-electron chi connectivity index (χ4n) is 4.47. The molecule has 3 aromatic rings. The summed E-state index contributed by atoms with van der Waals surface area (Å²) >= 11 is 6.51. The van der Waals surface area contributed by atoms with Crippen LogP contribution in [0.1, 0.15) is 48.1 Å². The number of halogens is 2. The molecule has 3 atom stereocenters. The van der Waals surface area contributed by atoms with E-state index in [1.807, 2.05) is 36.4 Å². The van der Waals surface area contributed by atoms with Gasteiger partial charge in [-0.3, -0.25) is 0 Å². The van der Waals surface area contributed by atoms with Gasteiger partial charge in [0.2, 0.25) is 0 Å². The molecule has 1 aliphatic heterocycles. The van der Waals surface area contributed by atoms with Crippen molar-refractivity contribution in [3.8, 4) is 5.75 Å². The van der Waals surface area contributed by atoms with Gasteiger partial charge in [0, 0.05) is 23.4 Å². The fourth-order valence-corrected chi connectivity index (χ4v) is 4.75. The molecule has 1 saturated heterocycles. The molecule has 192 valence electrons. The lowest BCUT2D eigenvalue weighted by atomic mass is 9.89. The van der Waals surface area contributed by atoms with Gasteiger partial charge in [-0.25, -0.2) is 4.39 Å². The number of hydrogen-bond donors (Lipinski definition) is 3. The van der Waals surface area contributed by atoms with Gasteiger partial charge in [-0.05, 0) is 47.9 Å². The molecule has 1 fully saturated rings. The van der Waals surface area contributed by atoms with Crippen LogP contribution in [0.2, 0.25) is 5.02 Å². The third-order valence-corrected chi connectivity index (χ3v) is 6.74. The van der Waals surface area contributed by atoms with Crippen molar-refractivity contribution in [2.24, 2.45) is 11.5 Å². The van der Waals surface area contributed by atoms with Crippen molar-refractivity contribution in [1.82, 2.24) is 0 Å². The number of hydrogen-bond acceptors (Lipinski definition) is 6. The second-order valence-corrected chi connectivity index (χ2v) is 9.41. The maximum atomic E-state index is 14.5. The van der Waals surface area contributed by atoms with Gasteiger partial charge in [-0.15, -0.1) is 0 Å². The summed E-state index contributed by atoms with van der Waals surface area (Å²) in [5.74, 6) is -0.425. The summed E-state index contributed by atoms with van der Waals surface area (Å²) in [7, 11) is 0. The van der Waals surface area contributed by atoms with Crippen LogP contribution in [0, 0.1) is 5.82 Å². The summed E-state index contributed by atoms with van der Waals surface area (Å²) in [6, 6.07) is 19.7. The van der Waals surface area contributed by atoms with Crippen molar-refractivity contribution in [2.75, 3.05) is 13.2 Å². The Morgan fingerprint density at radius 1 is 1.08 bits per heavy atom. The smallest absolute Gasteiger partial charge is 0.165 e. The first-order valence-electron chi connectivity index (χ1n) is 12.0. The predicted octanol–water partition coefficient (Wildman–Crippen LogP) is 4.79. The van der Waals surface area contributed by atoms with Gasteiger partial charge in [0.1, 0.15) is 5.66 Å². The number of nitrogens with two attached hydrogens (primary N) is 2. The van der Waals surface area contributed by atoms with Crippen LogP contribution in [-0.2, 0) is 21.7 Å². The molecule has 0 spiro atoms. The molecule has 3 aromatic carbocycles. The quantitative estimate of drug-likeness (QED) is 0.355. The van der Waals surface area contributed by atoms with Crippen LogP contribution >= 0.6 is 11.6 Å². The Morgan fingerprint density at radius 3 is 2.56 bits per heavy atom. The van der Waals surface area contributed by atoms with Crippen molar-refractivity contribution < 1.29 is 23.7 Å². The average Bonchev–Trinajstić information content (AvgIpc) is 2.89. The molecular formula is C28H32ClFN2O4.